The second kappa shape index (κ2) is 5.23. The van der Waals surface area contributed by atoms with Gasteiger partial charge in [0.2, 0.25) is 5.88 Å². The van der Waals surface area contributed by atoms with Crippen LogP contribution in [0.15, 0.2) is 35.1 Å². The molecule has 0 aliphatic rings. The normalized spacial score (nSPS) is 11.5. The highest BCUT2D eigenvalue weighted by Gasteiger charge is 2.18. The number of nitrogens with zero attached hydrogens (tertiary/aromatic N) is 1. The number of pyridine rings is 1. The Morgan fingerprint density at radius 2 is 1.95 bits per heavy atom. The smallest absolute Gasteiger partial charge is 0.269 e. The summed E-state index contributed by atoms with van der Waals surface area (Å²) in [5, 5.41) is 10.2. The monoisotopic (exact) mass is 310 g/mol. The first-order chi connectivity index (χ1) is 9.69. The van der Waals surface area contributed by atoms with E-state index in [1.54, 1.807) is 18.2 Å². The second-order valence-electron chi connectivity index (χ2n) is 4.62. The average Bonchev–Trinajstić information content (AvgIpc) is 2.33. The van der Waals surface area contributed by atoms with E-state index < -0.39 is 27.3 Å². The van der Waals surface area contributed by atoms with E-state index in [-0.39, 0.29) is 11.1 Å². The molecule has 0 aliphatic heterocycles. The first kappa shape index (κ1) is 15.1. The van der Waals surface area contributed by atoms with Crippen molar-refractivity contribution in [3.63, 3.8) is 0 Å². The van der Waals surface area contributed by atoms with E-state index in [4.69, 9.17) is 10.3 Å². The van der Waals surface area contributed by atoms with E-state index in [2.05, 4.69) is 0 Å². The number of rotatable bonds is 3. The van der Waals surface area contributed by atoms with Crippen molar-refractivity contribution in [1.29, 1.82) is 0 Å². The third-order valence-electron chi connectivity index (χ3n) is 2.97. The number of aromatic nitrogens is 1. The van der Waals surface area contributed by atoms with Crippen LogP contribution in [0.3, 0.4) is 0 Å². The van der Waals surface area contributed by atoms with Crippen molar-refractivity contribution in [1.82, 2.24) is 4.57 Å². The molecule has 4 N–H and O–H groups in total. The Balaban J connectivity index is 2.73. The van der Waals surface area contributed by atoms with Gasteiger partial charge in [-0.3, -0.25) is 9.35 Å². The number of nitrogen functional groups attached to an aromatic ring is 1. The minimum Gasteiger partial charge on any atom is -0.494 e. The average molecular weight is 310 g/mol. The van der Waals surface area contributed by atoms with Crippen molar-refractivity contribution >= 4 is 15.8 Å². The van der Waals surface area contributed by atoms with E-state index in [1.807, 2.05) is 0 Å². The van der Waals surface area contributed by atoms with Gasteiger partial charge in [-0.15, -0.1) is 0 Å². The van der Waals surface area contributed by atoms with Crippen molar-refractivity contribution in [3.8, 4) is 11.6 Å². The fourth-order valence-corrected chi connectivity index (χ4v) is 2.75. The number of benzene rings is 1. The lowest BCUT2D eigenvalue weighted by Gasteiger charge is -2.14. The second-order valence-corrected chi connectivity index (χ2v) is 6.08. The fraction of sp³-hybridized carbons (Fsp3) is 0.154. The van der Waals surface area contributed by atoms with Gasteiger partial charge in [-0.1, -0.05) is 6.07 Å². The van der Waals surface area contributed by atoms with E-state index in [0.717, 1.165) is 4.57 Å². The molecule has 0 amide bonds. The molecular formula is C13H14N2O5S. The number of hydrogen-bond acceptors (Lipinski definition) is 5. The lowest BCUT2D eigenvalue weighted by Crippen LogP contribution is -2.20. The third-order valence-corrected chi connectivity index (χ3v) is 3.63. The molecule has 0 saturated heterocycles. The van der Waals surface area contributed by atoms with Gasteiger partial charge < -0.3 is 10.8 Å². The van der Waals surface area contributed by atoms with Gasteiger partial charge >= 0.3 is 0 Å². The van der Waals surface area contributed by atoms with Gasteiger partial charge in [0.25, 0.3) is 15.7 Å². The van der Waals surface area contributed by atoms with Crippen LogP contribution >= 0.6 is 0 Å². The Labute approximate surface area is 121 Å². The van der Waals surface area contributed by atoms with Crippen molar-refractivity contribution in [3.05, 3.63) is 51.8 Å². The highest BCUT2D eigenvalue weighted by atomic mass is 32.2. The first-order valence-electron chi connectivity index (χ1n) is 5.94. The maximum atomic E-state index is 12.0. The molecule has 21 heavy (non-hydrogen) atoms. The van der Waals surface area contributed by atoms with Crippen molar-refractivity contribution < 1.29 is 18.1 Å². The van der Waals surface area contributed by atoms with Gasteiger partial charge in [-0.05, 0) is 30.7 Å². The number of anilines is 1. The van der Waals surface area contributed by atoms with Gasteiger partial charge in [-0.25, -0.2) is 4.57 Å². The zero-order chi connectivity index (χ0) is 15.8. The molecular weight excluding hydrogens is 296 g/mol. The van der Waals surface area contributed by atoms with E-state index in [0.29, 0.717) is 11.4 Å². The van der Waals surface area contributed by atoms with Crippen LogP contribution in [0.2, 0.25) is 0 Å². The highest BCUT2D eigenvalue weighted by Crippen LogP contribution is 2.24. The lowest BCUT2D eigenvalue weighted by molar-refractivity contribution is 0.426. The molecule has 1 aromatic carbocycles. The zero-order valence-electron chi connectivity index (χ0n) is 11.1. The maximum absolute atomic E-state index is 12.0. The predicted octanol–water partition coefficient (Wildman–Crippen LogP) is 0.822. The van der Waals surface area contributed by atoms with Crippen LogP contribution in [-0.2, 0) is 15.9 Å². The minimum absolute atomic E-state index is 0.0421. The van der Waals surface area contributed by atoms with Gasteiger partial charge in [0.15, 0.2) is 0 Å². The number of hydrogen-bond donors (Lipinski definition) is 3. The maximum Gasteiger partial charge on any atom is 0.269 e. The highest BCUT2D eigenvalue weighted by molar-refractivity contribution is 7.85. The fourth-order valence-electron chi connectivity index (χ4n) is 2.03. The summed E-state index contributed by atoms with van der Waals surface area (Å²) < 4.78 is 31.9. The molecule has 0 bridgehead atoms. The SMILES string of the molecule is Cc1cc(=O)n(-c2cccc(N)c2)c(O)c1CS(=O)(=O)O. The molecule has 7 nitrogen and oxygen atoms in total. The summed E-state index contributed by atoms with van der Waals surface area (Å²) in [4.78, 5) is 12.0. The van der Waals surface area contributed by atoms with E-state index in [1.165, 1.54) is 19.1 Å². The molecule has 0 saturated carbocycles. The van der Waals surface area contributed by atoms with Crippen LogP contribution < -0.4 is 11.3 Å². The van der Waals surface area contributed by atoms with Crippen LogP contribution in [-0.4, -0.2) is 22.6 Å². The Hall–Kier alpha value is -2.32. The van der Waals surface area contributed by atoms with Gasteiger partial charge in [0.05, 0.1) is 5.69 Å². The Morgan fingerprint density at radius 1 is 1.29 bits per heavy atom. The summed E-state index contributed by atoms with van der Waals surface area (Å²) in [6, 6.07) is 7.40. The standard InChI is InChI=1S/C13H14N2O5S/c1-8-5-12(16)15(10-4-2-3-9(14)6-10)13(17)11(8)7-21(18,19)20/h2-6,17H,7,14H2,1H3,(H,18,19,20). The Bertz CT molecular complexity index is 855. The van der Waals surface area contributed by atoms with Crippen LogP contribution in [0, 0.1) is 6.92 Å². The first-order valence-corrected chi connectivity index (χ1v) is 7.55. The summed E-state index contributed by atoms with van der Waals surface area (Å²) in [6.07, 6.45) is 0. The van der Waals surface area contributed by atoms with Gasteiger partial charge in [0.1, 0.15) is 5.75 Å². The van der Waals surface area contributed by atoms with Gasteiger partial charge in [0, 0.05) is 17.3 Å². The molecule has 0 fully saturated rings. The van der Waals surface area contributed by atoms with Crippen molar-refractivity contribution in [2.75, 3.05) is 5.73 Å². The molecule has 1 aromatic heterocycles. The molecule has 0 aliphatic carbocycles. The Kier molecular flexibility index (Phi) is 3.75. The van der Waals surface area contributed by atoms with Crippen LogP contribution in [0.5, 0.6) is 5.88 Å². The van der Waals surface area contributed by atoms with E-state index >= 15 is 0 Å². The van der Waals surface area contributed by atoms with E-state index in [9.17, 15) is 18.3 Å². The quantitative estimate of drug-likeness (QED) is 0.570. The molecule has 0 atom stereocenters. The van der Waals surface area contributed by atoms with Crippen molar-refractivity contribution in [2.24, 2.45) is 0 Å². The number of aryl methyl sites for hydroxylation is 1. The Morgan fingerprint density at radius 3 is 2.52 bits per heavy atom. The largest absolute Gasteiger partial charge is 0.494 e. The summed E-state index contributed by atoms with van der Waals surface area (Å²) >= 11 is 0. The molecule has 0 unspecified atom stereocenters. The molecule has 112 valence electrons. The van der Waals surface area contributed by atoms with Crippen molar-refractivity contribution in [2.45, 2.75) is 12.7 Å². The number of nitrogens with two attached hydrogens (primary N) is 1. The van der Waals surface area contributed by atoms with Crippen LogP contribution in [0.25, 0.3) is 5.69 Å². The summed E-state index contributed by atoms with van der Waals surface area (Å²) in [6.45, 7) is 1.48. The third kappa shape index (κ3) is 3.23. The lowest BCUT2D eigenvalue weighted by atomic mass is 10.1. The topological polar surface area (TPSA) is 123 Å². The molecule has 0 radical (unpaired) electrons. The molecule has 0 spiro atoms. The molecule has 2 aromatic rings. The summed E-state index contributed by atoms with van der Waals surface area (Å²) in [5.74, 6) is -1.32. The van der Waals surface area contributed by atoms with Crippen LogP contribution in [0.4, 0.5) is 5.69 Å². The van der Waals surface area contributed by atoms with Crippen LogP contribution in [0.1, 0.15) is 11.1 Å². The molecule has 8 heteroatoms. The summed E-state index contributed by atoms with van der Waals surface area (Å²) in [7, 11) is -4.34. The minimum atomic E-state index is -4.34. The number of aromatic hydroxyl groups is 1. The molecule has 2 rings (SSSR count). The predicted molar refractivity (Wildman–Crippen MR) is 78.1 cm³/mol. The van der Waals surface area contributed by atoms with Gasteiger partial charge in [-0.2, -0.15) is 8.42 Å². The summed E-state index contributed by atoms with van der Waals surface area (Å²) in [5.41, 5.74) is 6.02. The zero-order valence-corrected chi connectivity index (χ0v) is 12.0. The molecule has 1 heterocycles.